The normalized spacial score (nSPS) is 12.9. The monoisotopic (exact) mass is 498 g/mol. The van der Waals surface area contributed by atoms with Gasteiger partial charge in [-0.3, -0.25) is 4.79 Å². The molecule has 0 aliphatic rings. The highest BCUT2D eigenvalue weighted by atomic mass is 35.5. The second kappa shape index (κ2) is 12.3. The molecule has 0 amide bonds. The fourth-order valence-electron chi connectivity index (χ4n) is 4.35. The Morgan fingerprint density at radius 2 is 1.68 bits per heavy atom. The Morgan fingerprint density at radius 3 is 2.35 bits per heavy atom. The summed E-state index contributed by atoms with van der Waals surface area (Å²) in [6, 6.07) is 20.8. The Morgan fingerprint density at radius 1 is 1.00 bits per heavy atom. The zero-order chi connectivity index (χ0) is 24.7. The number of carbonyl (C=O) groups is 1. The Labute approximate surface area is 212 Å². The number of ether oxygens (including phenoxy) is 1. The molecule has 3 aromatic carbocycles. The van der Waals surface area contributed by atoms with Crippen LogP contribution in [0.15, 0.2) is 66.7 Å². The molecule has 0 saturated heterocycles. The van der Waals surface area contributed by atoms with Gasteiger partial charge in [0.2, 0.25) is 0 Å². The van der Waals surface area contributed by atoms with Gasteiger partial charge >= 0.3 is 5.97 Å². The van der Waals surface area contributed by atoms with Crippen molar-refractivity contribution in [1.82, 2.24) is 4.90 Å². The SMILES string of the molecule is CCC(c1cccc(OC(=O)Cc2ccccc2Nc2c(Cl)cccc2Cl)c1)C(C)CN(C)C. The first-order valence-corrected chi connectivity index (χ1v) is 12.3. The number of benzene rings is 3. The number of esters is 1. The molecule has 2 atom stereocenters. The van der Waals surface area contributed by atoms with Crippen molar-refractivity contribution < 1.29 is 9.53 Å². The number of rotatable bonds is 10. The summed E-state index contributed by atoms with van der Waals surface area (Å²) in [5, 5.41) is 4.28. The van der Waals surface area contributed by atoms with Crippen LogP contribution in [0, 0.1) is 5.92 Å². The molecule has 0 saturated carbocycles. The van der Waals surface area contributed by atoms with Gasteiger partial charge < -0.3 is 15.0 Å². The van der Waals surface area contributed by atoms with Gasteiger partial charge in [0.1, 0.15) is 5.75 Å². The lowest BCUT2D eigenvalue weighted by atomic mass is 9.85. The molecular formula is C28H32Cl2N2O2. The quantitative estimate of drug-likeness (QED) is 0.231. The Kier molecular flexibility index (Phi) is 9.40. The third-order valence-electron chi connectivity index (χ3n) is 5.87. The number of nitrogens with zero attached hydrogens (tertiary/aromatic N) is 1. The number of para-hydroxylation sites is 2. The Bertz CT molecular complexity index is 1100. The molecule has 34 heavy (non-hydrogen) atoms. The first kappa shape index (κ1) is 26.1. The maximum Gasteiger partial charge on any atom is 0.315 e. The molecule has 0 bridgehead atoms. The van der Waals surface area contributed by atoms with E-state index in [0.29, 0.717) is 33.3 Å². The summed E-state index contributed by atoms with van der Waals surface area (Å²) >= 11 is 12.6. The van der Waals surface area contributed by atoms with Gasteiger partial charge in [-0.1, -0.05) is 73.4 Å². The van der Waals surface area contributed by atoms with Crippen molar-refractivity contribution in [3.63, 3.8) is 0 Å². The Balaban J connectivity index is 1.73. The fraction of sp³-hybridized carbons (Fsp3) is 0.321. The first-order valence-electron chi connectivity index (χ1n) is 11.5. The molecule has 0 radical (unpaired) electrons. The van der Waals surface area contributed by atoms with Crippen LogP contribution in [0.25, 0.3) is 0 Å². The van der Waals surface area contributed by atoms with E-state index in [1.165, 1.54) is 5.56 Å². The minimum Gasteiger partial charge on any atom is -0.426 e. The molecular weight excluding hydrogens is 467 g/mol. The van der Waals surface area contributed by atoms with Crippen molar-refractivity contribution in [2.75, 3.05) is 26.0 Å². The predicted octanol–water partition coefficient (Wildman–Crippen LogP) is 7.58. The van der Waals surface area contributed by atoms with Crippen LogP contribution in [-0.2, 0) is 11.2 Å². The molecule has 6 heteroatoms. The van der Waals surface area contributed by atoms with Crippen molar-refractivity contribution in [2.24, 2.45) is 5.92 Å². The molecule has 4 nitrogen and oxygen atoms in total. The van der Waals surface area contributed by atoms with Gasteiger partial charge in [0, 0.05) is 12.2 Å². The largest absolute Gasteiger partial charge is 0.426 e. The van der Waals surface area contributed by atoms with Crippen LogP contribution in [0.4, 0.5) is 11.4 Å². The van der Waals surface area contributed by atoms with E-state index in [1.54, 1.807) is 18.2 Å². The van der Waals surface area contributed by atoms with Gasteiger partial charge in [-0.25, -0.2) is 0 Å². The van der Waals surface area contributed by atoms with Crippen molar-refractivity contribution in [1.29, 1.82) is 0 Å². The van der Waals surface area contributed by atoms with E-state index >= 15 is 0 Å². The van der Waals surface area contributed by atoms with E-state index in [-0.39, 0.29) is 12.4 Å². The maximum atomic E-state index is 12.8. The van der Waals surface area contributed by atoms with Crippen LogP contribution in [-0.4, -0.2) is 31.5 Å². The molecule has 0 heterocycles. The average Bonchev–Trinajstić information content (AvgIpc) is 2.77. The molecule has 0 aromatic heterocycles. The van der Waals surface area contributed by atoms with Crippen LogP contribution < -0.4 is 10.1 Å². The second-order valence-corrected chi connectivity index (χ2v) is 9.67. The van der Waals surface area contributed by atoms with Crippen LogP contribution in [0.2, 0.25) is 10.0 Å². The highest BCUT2D eigenvalue weighted by Gasteiger charge is 2.19. The number of hydrogen-bond donors (Lipinski definition) is 1. The second-order valence-electron chi connectivity index (χ2n) is 8.86. The smallest absolute Gasteiger partial charge is 0.315 e. The van der Waals surface area contributed by atoms with E-state index in [0.717, 1.165) is 24.2 Å². The summed E-state index contributed by atoms with van der Waals surface area (Å²) in [6.07, 6.45) is 1.14. The van der Waals surface area contributed by atoms with Crippen molar-refractivity contribution in [3.05, 3.63) is 87.9 Å². The van der Waals surface area contributed by atoms with Crippen molar-refractivity contribution >= 4 is 40.5 Å². The molecule has 0 fully saturated rings. The lowest BCUT2D eigenvalue weighted by molar-refractivity contribution is -0.133. The van der Waals surface area contributed by atoms with Gasteiger partial charge in [-0.15, -0.1) is 0 Å². The highest BCUT2D eigenvalue weighted by molar-refractivity contribution is 6.39. The number of nitrogens with one attached hydrogen (secondary N) is 1. The first-order chi connectivity index (χ1) is 16.3. The summed E-state index contributed by atoms with van der Waals surface area (Å²) < 4.78 is 5.74. The van der Waals surface area contributed by atoms with E-state index < -0.39 is 0 Å². The summed E-state index contributed by atoms with van der Waals surface area (Å²) in [5.41, 5.74) is 3.35. The topological polar surface area (TPSA) is 41.6 Å². The number of anilines is 2. The van der Waals surface area contributed by atoms with Crippen molar-refractivity contribution in [3.8, 4) is 5.75 Å². The van der Waals surface area contributed by atoms with Gasteiger partial charge in [0.15, 0.2) is 0 Å². The molecule has 2 unspecified atom stereocenters. The van der Waals surface area contributed by atoms with E-state index in [2.05, 4.69) is 44.2 Å². The van der Waals surface area contributed by atoms with Gasteiger partial charge in [0.25, 0.3) is 0 Å². The van der Waals surface area contributed by atoms with Crippen LogP contribution in [0.1, 0.15) is 37.3 Å². The van der Waals surface area contributed by atoms with Gasteiger partial charge in [-0.2, -0.15) is 0 Å². The summed E-state index contributed by atoms with van der Waals surface area (Å²) in [6.45, 7) is 5.47. The lowest BCUT2D eigenvalue weighted by Gasteiger charge is -2.26. The molecule has 180 valence electrons. The average molecular weight is 499 g/mol. The van der Waals surface area contributed by atoms with Gasteiger partial charge in [0.05, 0.1) is 22.2 Å². The molecule has 0 aliphatic heterocycles. The summed E-state index contributed by atoms with van der Waals surface area (Å²) in [5.74, 6) is 1.12. The van der Waals surface area contributed by atoms with Crippen molar-refractivity contribution in [2.45, 2.75) is 32.6 Å². The number of halogens is 2. The van der Waals surface area contributed by atoms with Crippen LogP contribution >= 0.6 is 23.2 Å². The molecule has 1 N–H and O–H groups in total. The molecule has 3 rings (SSSR count). The summed E-state index contributed by atoms with van der Waals surface area (Å²) in [7, 11) is 4.18. The lowest BCUT2D eigenvalue weighted by Crippen LogP contribution is -2.24. The number of carbonyl (C=O) groups excluding carboxylic acids is 1. The summed E-state index contributed by atoms with van der Waals surface area (Å²) in [4.78, 5) is 15.0. The third kappa shape index (κ3) is 6.99. The molecule has 0 spiro atoms. The number of hydrogen-bond acceptors (Lipinski definition) is 4. The molecule has 0 aliphatic carbocycles. The van der Waals surface area contributed by atoms with E-state index in [1.807, 2.05) is 42.5 Å². The zero-order valence-corrected chi connectivity index (χ0v) is 21.7. The van der Waals surface area contributed by atoms with Crippen LogP contribution in [0.5, 0.6) is 5.75 Å². The highest BCUT2D eigenvalue weighted by Crippen LogP contribution is 2.34. The van der Waals surface area contributed by atoms with E-state index in [9.17, 15) is 4.79 Å². The minimum absolute atomic E-state index is 0.115. The van der Waals surface area contributed by atoms with E-state index in [4.69, 9.17) is 27.9 Å². The predicted molar refractivity (Wildman–Crippen MR) is 143 cm³/mol. The third-order valence-corrected chi connectivity index (χ3v) is 6.50. The fourth-order valence-corrected chi connectivity index (χ4v) is 4.84. The maximum absolute atomic E-state index is 12.8. The zero-order valence-electron chi connectivity index (χ0n) is 20.1. The van der Waals surface area contributed by atoms with Crippen LogP contribution in [0.3, 0.4) is 0 Å². The standard InChI is InChI=1S/C28H32Cl2N2O2/c1-5-23(19(2)18-32(3)4)20-11-8-12-22(16-20)34-27(33)17-21-10-6-7-15-26(21)31-28-24(29)13-9-14-25(28)30/h6-16,19,23,31H,5,17-18H2,1-4H3. The van der Waals surface area contributed by atoms with Gasteiger partial charge in [-0.05, 0) is 73.8 Å². The molecule has 3 aromatic rings. The Hall–Kier alpha value is -2.53. The minimum atomic E-state index is -0.328.